The van der Waals surface area contributed by atoms with Crippen LogP contribution in [0.15, 0.2) is 18.2 Å². The lowest BCUT2D eigenvalue weighted by atomic mass is 9.83. The molecule has 3 fully saturated rings. The molecular weight excluding hydrogens is 408 g/mol. The number of hydrogen-bond donors (Lipinski definition) is 3. The molecule has 0 unspecified atom stereocenters. The fraction of sp³-hybridized carbons (Fsp3) is 0.680. The number of carbonyl (C=O) groups excluding carboxylic acids is 2. The number of benzene rings is 1. The summed E-state index contributed by atoms with van der Waals surface area (Å²) < 4.78 is 12.2. The highest BCUT2D eigenvalue weighted by atomic mass is 16.6. The van der Waals surface area contributed by atoms with Gasteiger partial charge in [-0.15, -0.1) is 0 Å². The number of carbonyl (C=O) groups is 2. The van der Waals surface area contributed by atoms with E-state index in [-0.39, 0.29) is 48.5 Å². The number of aliphatic hydroxyl groups excluding tert-OH is 1. The maximum absolute atomic E-state index is 12.7. The molecule has 0 spiro atoms. The fourth-order valence-electron chi connectivity index (χ4n) is 5.62. The Hall–Kier alpha value is -2.12. The standard InChI is InChI=1S/C25H34N2O5/c28-14-22-24-20(12-18(31-22)13-23(29)26-16-7-2-1-3-8-16)19-11-17(9-10-21(19)32-24)27-25(30)15-5-4-6-15/h9-11,15-16,18,20,22,24,28H,1-8,12-14H2,(H,26,29)(H,27,30)/t18-,20-,22-,24+/m1/s1. The van der Waals surface area contributed by atoms with Crippen LogP contribution in [-0.4, -0.2) is 47.9 Å². The Kier molecular flexibility index (Phi) is 6.37. The maximum atomic E-state index is 12.7. The van der Waals surface area contributed by atoms with Crippen molar-refractivity contribution in [2.45, 2.75) is 94.5 Å². The molecule has 5 rings (SSSR count). The third-order valence-electron chi connectivity index (χ3n) is 7.63. The van der Waals surface area contributed by atoms with Crippen molar-refractivity contribution in [3.63, 3.8) is 0 Å². The van der Waals surface area contributed by atoms with E-state index >= 15 is 0 Å². The van der Waals surface area contributed by atoms with Gasteiger partial charge in [-0.05, 0) is 50.3 Å². The van der Waals surface area contributed by atoms with E-state index in [1.54, 1.807) is 0 Å². The highest BCUT2D eigenvalue weighted by Crippen LogP contribution is 2.47. The third-order valence-corrected chi connectivity index (χ3v) is 7.63. The number of nitrogens with one attached hydrogen (secondary N) is 2. The Balaban J connectivity index is 1.26. The monoisotopic (exact) mass is 442 g/mol. The van der Waals surface area contributed by atoms with Gasteiger partial charge in [0.05, 0.1) is 19.1 Å². The van der Waals surface area contributed by atoms with E-state index in [1.165, 1.54) is 19.3 Å². The second-order valence-electron chi connectivity index (χ2n) is 9.88. The Bertz CT molecular complexity index is 849. The van der Waals surface area contributed by atoms with Gasteiger partial charge >= 0.3 is 0 Å². The average molecular weight is 443 g/mol. The van der Waals surface area contributed by atoms with Crippen LogP contribution in [0.1, 0.15) is 75.7 Å². The highest BCUT2D eigenvalue weighted by Gasteiger charge is 2.46. The van der Waals surface area contributed by atoms with Crippen molar-refractivity contribution >= 4 is 17.5 Å². The minimum absolute atomic E-state index is 0.0256. The van der Waals surface area contributed by atoms with Crippen LogP contribution in [0.2, 0.25) is 0 Å². The maximum Gasteiger partial charge on any atom is 0.227 e. The van der Waals surface area contributed by atoms with Gasteiger partial charge in [0.2, 0.25) is 11.8 Å². The molecule has 2 aliphatic heterocycles. The summed E-state index contributed by atoms with van der Waals surface area (Å²) in [6.45, 7) is -0.152. The summed E-state index contributed by atoms with van der Waals surface area (Å²) in [6.07, 6.45) is 8.71. The first-order valence-electron chi connectivity index (χ1n) is 12.3. The minimum Gasteiger partial charge on any atom is -0.487 e. The first kappa shape index (κ1) is 21.7. The summed E-state index contributed by atoms with van der Waals surface area (Å²) in [6, 6.07) is 6.04. The van der Waals surface area contributed by atoms with Crippen LogP contribution in [0.5, 0.6) is 5.75 Å². The first-order valence-corrected chi connectivity index (χ1v) is 12.3. The van der Waals surface area contributed by atoms with Crippen molar-refractivity contribution in [1.29, 1.82) is 0 Å². The van der Waals surface area contributed by atoms with Crippen molar-refractivity contribution in [2.75, 3.05) is 11.9 Å². The van der Waals surface area contributed by atoms with E-state index in [1.807, 2.05) is 18.2 Å². The molecule has 32 heavy (non-hydrogen) atoms. The van der Waals surface area contributed by atoms with Gasteiger partial charge in [-0.25, -0.2) is 0 Å². The number of rotatable bonds is 6. The number of ether oxygens (including phenoxy) is 2. The van der Waals surface area contributed by atoms with E-state index in [0.717, 1.165) is 49.1 Å². The second kappa shape index (κ2) is 9.40. The molecule has 0 aromatic heterocycles. The molecule has 7 heteroatoms. The minimum atomic E-state index is -0.471. The first-order chi connectivity index (χ1) is 15.6. The lowest BCUT2D eigenvalue weighted by Gasteiger charge is -2.37. The summed E-state index contributed by atoms with van der Waals surface area (Å²) in [5.74, 6) is 1.04. The zero-order valence-corrected chi connectivity index (χ0v) is 18.6. The van der Waals surface area contributed by atoms with Crippen LogP contribution >= 0.6 is 0 Å². The molecule has 4 aliphatic rings. The summed E-state index contributed by atoms with van der Waals surface area (Å²) in [5, 5.41) is 16.1. The van der Waals surface area contributed by atoms with Crippen molar-refractivity contribution in [1.82, 2.24) is 5.32 Å². The fourth-order valence-corrected chi connectivity index (χ4v) is 5.62. The molecule has 1 saturated heterocycles. The Morgan fingerprint density at radius 3 is 2.59 bits per heavy atom. The average Bonchev–Trinajstić information content (AvgIpc) is 3.10. The molecule has 2 heterocycles. The van der Waals surface area contributed by atoms with Crippen molar-refractivity contribution in [2.24, 2.45) is 5.92 Å². The summed E-state index contributed by atoms with van der Waals surface area (Å²) >= 11 is 0. The van der Waals surface area contributed by atoms with Gasteiger partial charge in [-0.3, -0.25) is 9.59 Å². The Labute approximate surface area is 189 Å². The molecule has 0 radical (unpaired) electrons. The Morgan fingerprint density at radius 2 is 1.88 bits per heavy atom. The van der Waals surface area contributed by atoms with Gasteiger partial charge in [0.25, 0.3) is 0 Å². The highest BCUT2D eigenvalue weighted by molar-refractivity contribution is 5.93. The van der Waals surface area contributed by atoms with Gasteiger partial charge in [0, 0.05) is 29.1 Å². The zero-order valence-electron chi connectivity index (χ0n) is 18.6. The largest absolute Gasteiger partial charge is 0.487 e. The normalized spacial score (nSPS) is 29.9. The topological polar surface area (TPSA) is 96.9 Å². The molecule has 4 atom stereocenters. The smallest absolute Gasteiger partial charge is 0.227 e. The molecule has 0 bridgehead atoms. The van der Waals surface area contributed by atoms with Crippen LogP contribution < -0.4 is 15.4 Å². The molecule has 174 valence electrons. The van der Waals surface area contributed by atoms with Crippen LogP contribution in [0.25, 0.3) is 0 Å². The zero-order chi connectivity index (χ0) is 22.1. The summed E-state index contributed by atoms with van der Waals surface area (Å²) in [7, 11) is 0. The van der Waals surface area contributed by atoms with Crippen molar-refractivity contribution in [3.05, 3.63) is 23.8 Å². The second-order valence-corrected chi connectivity index (χ2v) is 9.88. The van der Waals surface area contributed by atoms with Crippen molar-refractivity contribution < 1.29 is 24.2 Å². The van der Waals surface area contributed by atoms with Gasteiger partial charge in [-0.1, -0.05) is 25.7 Å². The van der Waals surface area contributed by atoms with Crippen LogP contribution in [-0.2, 0) is 14.3 Å². The third kappa shape index (κ3) is 4.50. The number of fused-ring (bicyclic) bond motifs is 3. The van der Waals surface area contributed by atoms with E-state index in [2.05, 4.69) is 10.6 Å². The van der Waals surface area contributed by atoms with E-state index in [9.17, 15) is 14.7 Å². The molecule has 2 saturated carbocycles. The number of aliphatic hydroxyl groups is 1. The predicted molar refractivity (Wildman–Crippen MR) is 120 cm³/mol. The van der Waals surface area contributed by atoms with Crippen LogP contribution in [0, 0.1) is 5.92 Å². The van der Waals surface area contributed by atoms with Gasteiger partial charge in [0.15, 0.2) is 0 Å². The SMILES string of the molecule is O=C(C[C@H]1C[C@@H]2c3cc(NC(=O)C4CCC4)ccc3O[C@@H]2[C@@H](CO)O1)NC1CCCCC1. The van der Waals surface area contributed by atoms with Gasteiger partial charge < -0.3 is 25.2 Å². The van der Waals surface area contributed by atoms with Gasteiger partial charge in [-0.2, -0.15) is 0 Å². The molecule has 7 nitrogen and oxygen atoms in total. The van der Waals surface area contributed by atoms with Crippen LogP contribution in [0.4, 0.5) is 5.69 Å². The Morgan fingerprint density at radius 1 is 1.06 bits per heavy atom. The summed E-state index contributed by atoms with van der Waals surface area (Å²) in [4.78, 5) is 25.0. The van der Waals surface area contributed by atoms with E-state index in [0.29, 0.717) is 12.8 Å². The van der Waals surface area contributed by atoms with E-state index in [4.69, 9.17) is 9.47 Å². The van der Waals surface area contributed by atoms with E-state index < -0.39 is 6.10 Å². The molecule has 2 amide bonds. The lowest BCUT2D eigenvalue weighted by Crippen LogP contribution is -2.48. The molecule has 1 aromatic carbocycles. The van der Waals surface area contributed by atoms with Crippen molar-refractivity contribution in [3.8, 4) is 5.75 Å². The van der Waals surface area contributed by atoms with Crippen LogP contribution in [0.3, 0.4) is 0 Å². The van der Waals surface area contributed by atoms with Gasteiger partial charge in [0.1, 0.15) is 18.0 Å². The molecule has 1 aromatic rings. The number of anilines is 1. The lowest BCUT2D eigenvalue weighted by molar-refractivity contribution is -0.142. The number of hydrogen-bond acceptors (Lipinski definition) is 5. The number of amides is 2. The summed E-state index contributed by atoms with van der Waals surface area (Å²) in [5.41, 5.74) is 1.81. The predicted octanol–water partition coefficient (Wildman–Crippen LogP) is 3.26. The molecular formula is C25H34N2O5. The molecule has 3 N–H and O–H groups in total. The molecule has 2 aliphatic carbocycles. The quantitative estimate of drug-likeness (QED) is 0.628.